The molecular formula is C15H27O4P. The van der Waals surface area contributed by atoms with Crippen LogP contribution in [-0.4, -0.2) is 26.2 Å². The van der Waals surface area contributed by atoms with E-state index >= 15 is 0 Å². The summed E-state index contributed by atoms with van der Waals surface area (Å²) in [6.45, 7) is 5.77. The van der Waals surface area contributed by atoms with Gasteiger partial charge in [-0.15, -0.1) is 11.8 Å². The molecule has 0 saturated heterocycles. The normalized spacial score (nSPS) is 11.8. The Morgan fingerprint density at radius 2 is 1.75 bits per heavy atom. The summed E-state index contributed by atoms with van der Waals surface area (Å²) in [5.74, 6) is 5.99. The van der Waals surface area contributed by atoms with Crippen LogP contribution in [0.3, 0.4) is 0 Å². The Morgan fingerprint density at radius 3 is 2.25 bits per heavy atom. The van der Waals surface area contributed by atoms with Crippen molar-refractivity contribution >= 4 is 13.4 Å². The topological polar surface area (TPSA) is 52.6 Å². The Labute approximate surface area is 123 Å². The van der Waals surface area contributed by atoms with Gasteiger partial charge in [-0.3, -0.25) is 9.36 Å². The minimum atomic E-state index is -3.29. The molecule has 0 N–H and O–H groups in total. The molecule has 20 heavy (non-hydrogen) atoms. The molecule has 0 saturated carbocycles. The average molecular weight is 302 g/mol. The molecule has 0 rings (SSSR count). The van der Waals surface area contributed by atoms with Gasteiger partial charge in [0.1, 0.15) is 6.16 Å². The number of Topliss-reactive ketones (excluding diaryl/α,β-unsaturated/α-hetero) is 1. The average Bonchev–Trinajstić information content (AvgIpc) is 2.42. The third-order valence-corrected chi connectivity index (χ3v) is 5.00. The van der Waals surface area contributed by atoms with Crippen LogP contribution in [-0.2, 0) is 18.4 Å². The molecule has 116 valence electrons. The van der Waals surface area contributed by atoms with Crippen molar-refractivity contribution in [3.63, 3.8) is 0 Å². The fraction of sp³-hybridized carbons (Fsp3) is 0.800. The summed E-state index contributed by atoms with van der Waals surface area (Å²) in [6.07, 6.45) is 4.58. The van der Waals surface area contributed by atoms with Crippen LogP contribution in [0.25, 0.3) is 0 Å². The van der Waals surface area contributed by atoms with Crippen molar-refractivity contribution in [3.8, 4) is 11.8 Å². The SMILES string of the molecule is CCCCCC#CCC(C)(C)C(=O)CP(=O)(OC)OC. The van der Waals surface area contributed by atoms with Crippen molar-refractivity contribution in [3.05, 3.63) is 0 Å². The van der Waals surface area contributed by atoms with Crippen LogP contribution in [0.5, 0.6) is 0 Å². The predicted octanol–water partition coefficient (Wildman–Crippen LogP) is 4.04. The minimum absolute atomic E-state index is 0.146. The number of carbonyl (C=O) groups excluding carboxylic acids is 1. The van der Waals surface area contributed by atoms with Crippen molar-refractivity contribution < 1.29 is 18.4 Å². The fourth-order valence-corrected chi connectivity index (χ4v) is 2.71. The van der Waals surface area contributed by atoms with Gasteiger partial charge in [-0.2, -0.15) is 0 Å². The lowest BCUT2D eigenvalue weighted by Gasteiger charge is -2.22. The minimum Gasteiger partial charge on any atom is -0.312 e. The Morgan fingerprint density at radius 1 is 1.15 bits per heavy atom. The van der Waals surface area contributed by atoms with Gasteiger partial charge in [0.15, 0.2) is 5.78 Å². The van der Waals surface area contributed by atoms with Gasteiger partial charge in [-0.05, 0) is 6.42 Å². The van der Waals surface area contributed by atoms with Crippen LogP contribution >= 0.6 is 7.60 Å². The first-order chi connectivity index (χ1) is 9.31. The second kappa shape index (κ2) is 9.34. The number of unbranched alkanes of at least 4 members (excludes halogenated alkanes) is 3. The summed E-state index contributed by atoms with van der Waals surface area (Å²) in [4.78, 5) is 12.2. The quantitative estimate of drug-likeness (QED) is 0.366. The maximum absolute atomic E-state index is 12.2. The third kappa shape index (κ3) is 7.24. The Balaban J connectivity index is 4.41. The summed E-state index contributed by atoms with van der Waals surface area (Å²) in [6, 6.07) is 0. The molecule has 0 aliphatic heterocycles. The third-order valence-electron chi connectivity index (χ3n) is 3.21. The van der Waals surface area contributed by atoms with Gasteiger partial charge in [0.2, 0.25) is 0 Å². The molecule has 0 spiro atoms. The molecule has 0 unspecified atom stereocenters. The highest BCUT2D eigenvalue weighted by molar-refractivity contribution is 7.54. The second-order valence-corrected chi connectivity index (χ2v) is 7.70. The first kappa shape index (κ1) is 19.4. The standard InChI is InChI=1S/C15H27O4P/c1-6-7-8-9-10-11-12-15(2,3)14(16)13-20(17,18-4)19-5/h6-9,12-13H2,1-5H3. The van der Waals surface area contributed by atoms with E-state index in [4.69, 9.17) is 9.05 Å². The smallest absolute Gasteiger partial charge is 0.312 e. The molecule has 0 aliphatic carbocycles. The second-order valence-electron chi connectivity index (χ2n) is 5.43. The summed E-state index contributed by atoms with van der Waals surface area (Å²) >= 11 is 0. The van der Waals surface area contributed by atoms with E-state index in [1.165, 1.54) is 27.1 Å². The van der Waals surface area contributed by atoms with Gasteiger partial charge in [0.25, 0.3) is 0 Å². The van der Waals surface area contributed by atoms with Crippen molar-refractivity contribution in [1.29, 1.82) is 0 Å². The molecule has 4 nitrogen and oxygen atoms in total. The van der Waals surface area contributed by atoms with Crippen molar-refractivity contribution in [2.45, 2.75) is 52.9 Å². The van der Waals surface area contributed by atoms with E-state index in [9.17, 15) is 9.36 Å². The number of hydrogen-bond donors (Lipinski definition) is 0. The molecule has 0 fully saturated rings. The lowest BCUT2D eigenvalue weighted by atomic mass is 9.85. The van der Waals surface area contributed by atoms with Crippen molar-refractivity contribution in [2.75, 3.05) is 20.4 Å². The maximum atomic E-state index is 12.2. The number of ketones is 1. The van der Waals surface area contributed by atoms with Crippen LogP contribution in [0.4, 0.5) is 0 Å². The van der Waals surface area contributed by atoms with Gasteiger partial charge >= 0.3 is 7.60 Å². The zero-order chi connectivity index (χ0) is 15.6. The van der Waals surface area contributed by atoms with E-state index < -0.39 is 13.0 Å². The molecule has 0 aliphatic rings. The first-order valence-electron chi connectivity index (χ1n) is 7.01. The first-order valence-corrected chi connectivity index (χ1v) is 8.73. The largest absolute Gasteiger partial charge is 0.337 e. The molecule has 0 bridgehead atoms. The molecule has 5 heteroatoms. The van der Waals surface area contributed by atoms with Crippen LogP contribution < -0.4 is 0 Å². The monoisotopic (exact) mass is 302 g/mol. The van der Waals surface area contributed by atoms with E-state index in [-0.39, 0.29) is 11.9 Å². The zero-order valence-electron chi connectivity index (χ0n) is 13.3. The number of hydrogen-bond acceptors (Lipinski definition) is 4. The number of carbonyl (C=O) groups is 1. The highest BCUT2D eigenvalue weighted by atomic mass is 31.2. The molecule has 0 atom stereocenters. The number of rotatable bonds is 9. The van der Waals surface area contributed by atoms with E-state index in [2.05, 4.69) is 18.8 Å². The Bertz CT molecular complexity index is 396. The predicted molar refractivity (Wildman–Crippen MR) is 81.8 cm³/mol. The molecule has 0 heterocycles. The van der Waals surface area contributed by atoms with E-state index in [1.807, 2.05) is 13.8 Å². The summed E-state index contributed by atoms with van der Waals surface area (Å²) in [5.41, 5.74) is -0.634. The maximum Gasteiger partial charge on any atom is 0.337 e. The van der Waals surface area contributed by atoms with E-state index in [1.54, 1.807) is 0 Å². The molecule has 0 aromatic carbocycles. The Hall–Kier alpha value is -0.620. The van der Waals surface area contributed by atoms with Crippen LogP contribution in [0.2, 0.25) is 0 Å². The van der Waals surface area contributed by atoms with E-state index in [0.29, 0.717) is 6.42 Å². The van der Waals surface area contributed by atoms with Crippen LogP contribution in [0.15, 0.2) is 0 Å². The van der Waals surface area contributed by atoms with Crippen molar-refractivity contribution in [1.82, 2.24) is 0 Å². The lowest BCUT2D eigenvalue weighted by molar-refractivity contribution is -0.124. The highest BCUT2D eigenvalue weighted by Crippen LogP contribution is 2.47. The zero-order valence-corrected chi connectivity index (χ0v) is 14.2. The van der Waals surface area contributed by atoms with Crippen molar-refractivity contribution in [2.24, 2.45) is 5.41 Å². The molecule has 0 amide bonds. The summed E-state index contributed by atoms with van der Waals surface area (Å²) < 4.78 is 21.6. The lowest BCUT2D eigenvalue weighted by Crippen LogP contribution is -2.27. The van der Waals surface area contributed by atoms with Gasteiger partial charge in [0.05, 0.1) is 0 Å². The molecular weight excluding hydrogens is 275 g/mol. The Kier molecular flexibility index (Phi) is 9.05. The molecule has 0 radical (unpaired) electrons. The van der Waals surface area contributed by atoms with Crippen LogP contribution in [0.1, 0.15) is 52.9 Å². The summed E-state index contributed by atoms with van der Waals surface area (Å²) in [7, 11) is -0.706. The van der Waals surface area contributed by atoms with Gasteiger partial charge in [-0.25, -0.2) is 0 Å². The summed E-state index contributed by atoms with van der Waals surface area (Å²) in [5, 5.41) is 0. The van der Waals surface area contributed by atoms with Gasteiger partial charge in [0, 0.05) is 32.5 Å². The highest BCUT2D eigenvalue weighted by Gasteiger charge is 2.34. The fourth-order valence-electron chi connectivity index (χ4n) is 1.53. The van der Waals surface area contributed by atoms with Gasteiger partial charge in [-0.1, -0.05) is 33.6 Å². The van der Waals surface area contributed by atoms with Crippen LogP contribution in [0, 0.1) is 17.3 Å². The molecule has 0 aromatic heterocycles. The molecule has 0 aromatic rings. The van der Waals surface area contributed by atoms with E-state index in [0.717, 1.165) is 12.8 Å². The van der Waals surface area contributed by atoms with Gasteiger partial charge < -0.3 is 9.05 Å².